The molecular weight excluding hydrogens is 258 g/mol. The Morgan fingerprint density at radius 3 is 2.74 bits per heavy atom. The monoisotopic (exact) mass is 281 g/mol. The Morgan fingerprint density at radius 1 is 1.32 bits per heavy atom. The maximum atomic E-state index is 11.6. The van der Waals surface area contributed by atoms with Gasteiger partial charge in [-0.15, -0.1) is 11.8 Å². The van der Waals surface area contributed by atoms with E-state index in [1.54, 1.807) is 11.8 Å². The average Bonchev–Trinajstić information content (AvgIpc) is 2.39. The molecule has 0 aliphatic heterocycles. The summed E-state index contributed by atoms with van der Waals surface area (Å²) in [5.74, 6) is 0.936. The van der Waals surface area contributed by atoms with Crippen LogP contribution in [0.25, 0.3) is 0 Å². The van der Waals surface area contributed by atoms with Gasteiger partial charge in [-0.25, -0.2) is 0 Å². The first-order valence-corrected chi connectivity index (χ1v) is 7.73. The van der Waals surface area contributed by atoms with Crippen LogP contribution in [0.4, 0.5) is 0 Å². The molecule has 1 aromatic rings. The van der Waals surface area contributed by atoms with Crippen LogP contribution in [0.15, 0.2) is 35.2 Å². The molecule has 1 rings (SSSR count). The van der Waals surface area contributed by atoms with E-state index in [9.17, 15) is 4.79 Å². The first-order valence-electron chi connectivity index (χ1n) is 6.74. The molecule has 1 amide bonds. The maximum Gasteiger partial charge on any atom is 0.220 e. The third kappa shape index (κ3) is 8.67. The first-order chi connectivity index (χ1) is 9.18. The summed E-state index contributed by atoms with van der Waals surface area (Å²) in [5.41, 5.74) is 0. The van der Waals surface area contributed by atoms with Crippen LogP contribution in [-0.2, 0) is 9.53 Å². The highest BCUT2D eigenvalue weighted by Gasteiger charge is 2.01. The van der Waals surface area contributed by atoms with Crippen LogP contribution in [0.3, 0.4) is 0 Å². The highest BCUT2D eigenvalue weighted by molar-refractivity contribution is 7.99. The third-order valence-electron chi connectivity index (χ3n) is 2.44. The highest BCUT2D eigenvalue weighted by Crippen LogP contribution is 2.17. The molecule has 0 fully saturated rings. The first kappa shape index (κ1) is 16.1. The Kier molecular flexibility index (Phi) is 8.34. The van der Waals surface area contributed by atoms with Crippen molar-refractivity contribution in [1.29, 1.82) is 0 Å². The summed E-state index contributed by atoms with van der Waals surface area (Å²) in [6, 6.07) is 10.1. The van der Waals surface area contributed by atoms with E-state index in [-0.39, 0.29) is 12.0 Å². The van der Waals surface area contributed by atoms with E-state index in [1.807, 2.05) is 32.0 Å². The van der Waals surface area contributed by atoms with Gasteiger partial charge < -0.3 is 10.1 Å². The van der Waals surface area contributed by atoms with Crippen LogP contribution in [0.1, 0.15) is 26.7 Å². The number of hydrogen-bond donors (Lipinski definition) is 1. The van der Waals surface area contributed by atoms with Crippen molar-refractivity contribution >= 4 is 17.7 Å². The minimum atomic E-state index is 0.118. The molecule has 19 heavy (non-hydrogen) atoms. The summed E-state index contributed by atoms with van der Waals surface area (Å²) < 4.78 is 5.41. The van der Waals surface area contributed by atoms with Gasteiger partial charge in [0, 0.05) is 30.2 Å². The Bertz CT molecular complexity index is 354. The molecule has 0 unspecified atom stereocenters. The van der Waals surface area contributed by atoms with Crippen LogP contribution >= 0.6 is 11.8 Å². The van der Waals surface area contributed by atoms with Gasteiger partial charge in [0.15, 0.2) is 0 Å². The van der Waals surface area contributed by atoms with Crippen molar-refractivity contribution in [3.63, 3.8) is 0 Å². The number of ether oxygens (including phenoxy) is 1. The van der Waals surface area contributed by atoms with Crippen molar-refractivity contribution in [2.24, 2.45) is 0 Å². The molecular formula is C15H23NO2S. The van der Waals surface area contributed by atoms with Gasteiger partial charge >= 0.3 is 0 Å². The molecule has 0 atom stereocenters. The molecule has 4 heteroatoms. The number of nitrogens with one attached hydrogen (secondary N) is 1. The SMILES string of the molecule is CC(C)OCCCNC(=O)CCSc1ccccc1. The molecule has 0 spiro atoms. The van der Waals surface area contributed by atoms with Crippen LogP contribution in [-0.4, -0.2) is 30.9 Å². The van der Waals surface area contributed by atoms with E-state index in [1.165, 1.54) is 4.90 Å². The van der Waals surface area contributed by atoms with Gasteiger partial charge in [-0.1, -0.05) is 18.2 Å². The molecule has 3 nitrogen and oxygen atoms in total. The second-order valence-corrected chi connectivity index (χ2v) is 5.70. The third-order valence-corrected chi connectivity index (χ3v) is 3.45. The summed E-state index contributed by atoms with van der Waals surface area (Å²) in [7, 11) is 0. The Labute approximate surface area is 120 Å². The van der Waals surface area contributed by atoms with E-state index in [0.717, 1.165) is 12.2 Å². The minimum absolute atomic E-state index is 0.118. The van der Waals surface area contributed by atoms with Gasteiger partial charge in [0.1, 0.15) is 0 Å². The number of rotatable bonds is 9. The largest absolute Gasteiger partial charge is 0.379 e. The molecule has 1 aromatic carbocycles. The number of hydrogen-bond acceptors (Lipinski definition) is 3. The molecule has 0 aliphatic rings. The number of carbonyl (C=O) groups excluding carboxylic acids is 1. The summed E-state index contributed by atoms with van der Waals surface area (Å²) >= 11 is 1.71. The van der Waals surface area contributed by atoms with E-state index in [4.69, 9.17) is 4.74 Å². The lowest BCUT2D eigenvalue weighted by Gasteiger charge is -2.08. The van der Waals surface area contributed by atoms with Crippen LogP contribution in [0, 0.1) is 0 Å². The molecule has 1 N–H and O–H groups in total. The average molecular weight is 281 g/mol. The summed E-state index contributed by atoms with van der Waals surface area (Å²) in [4.78, 5) is 12.8. The van der Waals surface area contributed by atoms with E-state index in [2.05, 4.69) is 17.4 Å². The summed E-state index contributed by atoms with van der Waals surface area (Å²) in [6.45, 7) is 5.43. The molecule has 0 radical (unpaired) electrons. The van der Waals surface area contributed by atoms with Gasteiger partial charge in [0.25, 0.3) is 0 Å². The van der Waals surface area contributed by atoms with E-state index >= 15 is 0 Å². The topological polar surface area (TPSA) is 38.3 Å². The van der Waals surface area contributed by atoms with Gasteiger partial charge in [-0.05, 0) is 32.4 Å². The fourth-order valence-corrected chi connectivity index (χ4v) is 2.36. The van der Waals surface area contributed by atoms with Crippen LogP contribution in [0.2, 0.25) is 0 Å². The lowest BCUT2D eigenvalue weighted by atomic mass is 10.4. The molecule has 0 aromatic heterocycles. The molecule has 0 saturated heterocycles. The number of carbonyl (C=O) groups is 1. The highest BCUT2D eigenvalue weighted by atomic mass is 32.2. The zero-order chi connectivity index (χ0) is 13.9. The van der Waals surface area contributed by atoms with Gasteiger partial charge in [-0.2, -0.15) is 0 Å². The molecule has 0 saturated carbocycles. The van der Waals surface area contributed by atoms with Crippen molar-refractivity contribution < 1.29 is 9.53 Å². The number of amides is 1. The Balaban J connectivity index is 1.99. The van der Waals surface area contributed by atoms with Gasteiger partial charge in [-0.3, -0.25) is 4.79 Å². The Hall–Kier alpha value is -1.00. The minimum Gasteiger partial charge on any atom is -0.379 e. The lowest BCUT2D eigenvalue weighted by molar-refractivity contribution is -0.120. The van der Waals surface area contributed by atoms with Crippen molar-refractivity contribution in [1.82, 2.24) is 5.32 Å². The van der Waals surface area contributed by atoms with Gasteiger partial charge in [0.2, 0.25) is 5.91 Å². The quantitative estimate of drug-likeness (QED) is 0.558. The van der Waals surface area contributed by atoms with E-state index < -0.39 is 0 Å². The van der Waals surface area contributed by atoms with Crippen molar-refractivity contribution in [2.75, 3.05) is 18.9 Å². The summed E-state index contributed by atoms with van der Waals surface area (Å²) in [5, 5.41) is 2.91. The standard InChI is InChI=1S/C15H23NO2S/c1-13(2)18-11-6-10-16-15(17)9-12-19-14-7-4-3-5-8-14/h3-5,7-8,13H,6,9-12H2,1-2H3,(H,16,17). The molecule has 106 valence electrons. The predicted molar refractivity (Wildman–Crippen MR) is 80.5 cm³/mol. The second kappa shape index (κ2) is 9.87. The fraction of sp³-hybridized carbons (Fsp3) is 0.533. The zero-order valence-electron chi connectivity index (χ0n) is 11.7. The number of benzene rings is 1. The molecule has 0 aliphatic carbocycles. The zero-order valence-corrected chi connectivity index (χ0v) is 12.5. The van der Waals surface area contributed by atoms with E-state index in [0.29, 0.717) is 19.6 Å². The summed E-state index contributed by atoms with van der Waals surface area (Å²) in [6.07, 6.45) is 1.69. The smallest absolute Gasteiger partial charge is 0.220 e. The fourth-order valence-electron chi connectivity index (χ4n) is 1.49. The Morgan fingerprint density at radius 2 is 2.05 bits per heavy atom. The number of thioether (sulfide) groups is 1. The molecule has 0 heterocycles. The molecule has 0 bridgehead atoms. The van der Waals surface area contributed by atoms with Crippen molar-refractivity contribution in [3.05, 3.63) is 30.3 Å². The second-order valence-electron chi connectivity index (χ2n) is 4.53. The van der Waals surface area contributed by atoms with Gasteiger partial charge in [0.05, 0.1) is 6.10 Å². The van der Waals surface area contributed by atoms with Crippen LogP contribution < -0.4 is 5.32 Å². The van der Waals surface area contributed by atoms with Crippen molar-refractivity contribution in [2.45, 2.75) is 37.7 Å². The van der Waals surface area contributed by atoms with Crippen molar-refractivity contribution in [3.8, 4) is 0 Å². The lowest BCUT2D eigenvalue weighted by Crippen LogP contribution is -2.25. The predicted octanol–water partition coefficient (Wildman–Crippen LogP) is 3.10. The normalized spacial score (nSPS) is 10.7. The van der Waals surface area contributed by atoms with Crippen LogP contribution in [0.5, 0.6) is 0 Å². The maximum absolute atomic E-state index is 11.6.